The molecule has 1 aromatic carbocycles. The van der Waals surface area contributed by atoms with E-state index in [2.05, 4.69) is 80.6 Å². The Morgan fingerprint density at radius 1 is 1.08 bits per heavy atom. The number of carbonyl (C=O) groups excluding carboxylic acids is 1. The normalized spacial score (nSPS) is 17.8. The summed E-state index contributed by atoms with van der Waals surface area (Å²) in [6, 6.07) is 7.86. The van der Waals surface area contributed by atoms with Crippen molar-refractivity contribution in [2.75, 3.05) is 34.4 Å². The molecule has 5 rings (SSSR count). The van der Waals surface area contributed by atoms with Gasteiger partial charge < -0.3 is 26.6 Å². The number of anilines is 5. The summed E-state index contributed by atoms with van der Waals surface area (Å²) in [5.74, 6) is 1.51. The van der Waals surface area contributed by atoms with Gasteiger partial charge in [0.1, 0.15) is 17.4 Å². The van der Waals surface area contributed by atoms with Gasteiger partial charge in [0.05, 0.1) is 0 Å². The van der Waals surface area contributed by atoms with Gasteiger partial charge in [0, 0.05) is 53.6 Å². The van der Waals surface area contributed by atoms with Gasteiger partial charge in [-0.05, 0) is 38.5 Å². The first-order valence-corrected chi connectivity index (χ1v) is 13.0. The van der Waals surface area contributed by atoms with Crippen molar-refractivity contribution in [1.82, 2.24) is 35.5 Å². The third-order valence-electron chi connectivity index (χ3n) is 6.72. The molecule has 1 unspecified atom stereocenters. The van der Waals surface area contributed by atoms with Crippen LogP contribution in [0, 0.1) is 6.92 Å². The first-order valence-electron chi connectivity index (χ1n) is 13.0. The summed E-state index contributed by atoms with van der Waals surface area (Å²) in [6.45, 7) is 14.0. The number of aromatic nitrogens is 6. The molecule has 6 N–H and O–H groups in total. The van der Waals surface area contributed by atoms with Gasteiger partial charge in [0.2, 0.25) is 5.95 Å². The number of amides is 1. The SMILES string of the molecule is Cc1ccc(C(=O)Nc2cc(C(C)(C)C)[nH]n2)cc1Nc1ncnc2c(N)nc(N3CC(C)N[C@H](C)C3)nc12. The number of nitrogens with one attached hydrogen (secondary N) is 4. The number of aromatic amines is 1. The predicted molar refractivity (Wildman–Crippen MR) is 154 cm³/mol. The van der Waals surface area contributed by atoms with E-state index in [1.54, 1.807) is 12.1 Å². The second-order valence-electron chi connectivity index (χ2n) is 11.2. The van der Waals surface area contributed by atoms with Gasteiger partial charge in [-0.25, -0.2) is 15.0 Å². The van der Waals surface area contributed by atoms with Crippen LogP contribution in [0.2, 0.25) is 0 Å². The van der Waals surface area contributed by atoms with Crippen molar-refractivity contribution < 1.29 is 4.79 Å². The molecule has 1 saturated heterocycles. The second-order valence-corrected chi connectivity index (χ2v) is 11.2. The maximum atomic E-state index is 13.1. The zero-order valence-electron chi connectivity index (χ0n) is 23.1. The van der Waals surface area contributed by atoms with Crippen LogP contribution in [-0.2, 0) is 5.41 Å². The molecule has 12 nitrogen and oxygen atoms in total. The first-order chi connectivity index (χ1) is 18.5. The van der Waals surface area contributed by atoms with Gasteiger partial charge in [-0.3, -0.25) is 9.89 Å². The van der Waals surface area contributed by atoms with Crippen LogP contribution in [-0.4, -0.2) is 61.2 Å². The molecule has 39 heavy (non-hydrogen) atoms. The molecule has 0 spiro atoms. The molecule has 4 heterocycles. The number of nitrogen functional groups attached to an aromatic ring is 1. The van der Waals surface area contributed by atoms with Crippen LogP contribution in [0.5, 0.6) is 0 Å². The Balaban J connectivity index is 1.43. The molecule has 12 heteroatoms. The highest BCUT2D eigenvalue weighted by atomic mass is 16.1. The first kappa shape index (κ1) is 26.3. The molecule has 1 fully saturated rings. The van der Waals surface area contributed by atoms with Gasteiger partial charge in [-0.2, -0.15) is 10.1 Å². The lowest BCUT2D eigenvalue weighted by molar-refractivity contribution is 0.102. The molecule has 0 bridgehead atoms. The Kier molecular flexibility index (Phi) is 6.81. The van der Waals surface area contributed by atoms with Crippen LogP contribution < -0.4 is 26.6 Å². The quantitative estimate of drug-likeness (QED) is 0.258. The van der Waals surface area contributed by atoms with Crippen molar-refractivity contribution in [3.63, 3.8) is 0 Å². The minimum Gasteiger partial charge on any atom is -0.382 e. The molecule has 2 atom stereocenters. The summed E-state index contributed by atoms with van der Waals surface area (Å²) in [5, 5.41) is 16.9. The van der Waals surface area contributed by atoms with Crippen LogP contribution in [0.3, 0.4) is 0 Å². The molecule has 1 aliphatic heterocycles. The summed E-state index contributed by atoms with van der Waals surface area (Å²) in [4.78, 5) is 33.3. The smallest absolute Gasteiger partial charge is 0.256 e. The minimum atomic E-state index is -0.270. The zero-order chi connectivity index (χ0) is 27.9. The third-order valence-corrected chi connectivity index (χ3v) is 6.72. The van der Waals surface area contributed by atoms with E-state index in [4.69, 9.17) is 10.7 Å². The number of fused-ring (bicyclic) bond motifs is 1. The maximum Gasteiger partial charge on any atom is 0.256 e. The number of rotatable bonds is 5. The molecule has 0 aliphatic carbocycles. The number of nitrogens with zero attached hydrogens (tertiary/aromatic N) is 6. The molecule has 4 aromatic rings. The number of hydrogen-bond donors (Lipinski definition) is 5. The van der Waals surface area contributed by atoms with E-state index in [0.29, 0.717) is 39.9 Å². The Hall–Kier alpha value is -4.32. The summed E-state index contributed by atoms with van der Waals surface area (Å²) in [7, 11) is 0. The van der Waals surface area contributed by atoms with Crippen LogP contribution in [0.15, 0.2) is 30.6 Å². The van der Waals surface area contributed by atoms with E-state index in [1.807, 2.05) is 19.1 Å². The van der Waals surface area contributed by atoms with Crippen molar-refractivity contribution in [1.29, 1.82) is 0 Å². The number of hydrogen-bond acceptors (Lipinski definition) is 10. The van der Waals surface area contributed by atoms with Crippen molar-refractivity contribution in [3.8, 4) is 0 Å². The van der Waals surface area contributed by atoms with Gasteiger partial charge in [0.15, 0.2) is 17.5 Å². The van der Waals surface area contributed by atoms with E-state index < -0.39 is 0 Å². The average molecular weight is 530 g/mol. The van der Waals surface area contributed by atoms with Crippen LogP contribution in [0.4, 0.5) is 29.1 Å². The van der Waals surface area contributed by atoms with Crippen LogP contribution in [0.25, 0.3) is 11.0 Å². The van der Waals surface area contributed by atoms with Gasteiger partial charge in [-0.15, -0.1) is 0 Å². The fraction of sp³-hybridized carbons (Fsp3) is 0.407. The van der Waals surface area contributed by atoms with Gasteiger partial charge in [-0.1, -0.05) is 26.8 Å². The van der Waals surface area contributed by atoms with Gasteiger partial charge in [0.25, 0.3) is 5.91 Å². The highest BCUT2D eigenvalue weighted by Gasteiger charge is 2.25. The van der Waals surface area contributed by atoms with Gasteiger partial charge >= 0.3 is 0 Å². The Morgan fingerprint density at radius 2 is 1.82 bits per heavy atom. The van der Waals surface area contributed by atoms with E-state index in [-0.39, 0.29) is 29.2 Å². The lowest BCUT2D eigenvalue weighted by Gasteiger charge is -2.36. The number of H-pyrrole nitrogens is 1. The highest BCUT2D eigenvalue weighted by molar-refractivity contribution is 6.04. The summed E-state index contributed by atoms with van der Waals surface area (Å²) in [6.07, 6.45) is 1.43. The molecule has 1 aliphatic rings. The number of benzene rings is 1. The van der Waals surface area contributed by atoms with Crippen LogP contribution >= 0.6 is 0 Å². The van der Waals surface area contributed by atoms with E-state index in [0.717, 1.165) is 24.3 Å². The average Bonchev–Trinajstić information content (AvgIpc) is 3.34. The summed E-state index contributed by atoms with van der Waals surface area (Å²) in [5.41, 5.74) is 10.2. The molecule has 3 aromatic heterocycles. The number of carbonyl (C=O) groups is 1. The van der Waals surface area contributed by atoms with E-state index in [1.165, 1.54) is 6.33 Å². The number of nitrogens with two attached hydrogens (primary N) is 1. The largest absolute Gasteiger partial charge is 0.382 e. The summed E-state index contributed by atoms with van der Waals surface area (Å²) < 4.78 is 0. The highest BCUT2D eigenvalue weighted by Crippen LogP contribution is 2.29. The minimum absolute atomic E-state index is 0.106. The van der Waals surface area contributed by atoms with Crippen molar-refractivity contribution in [2.45, 2.75) is 59.0 Å². The standard InChI is InChI=1S/C27H35N11O/c1-14-7-8-17(25(39)33-20-10-19(36-37-20)27(4,5)6)9-18(14)32-24-22-21(29-13-30-24)23(28)35-26(34-22)38-11-15(2)31-16(3)12-38/h7-10,13,15-16,31H,11-12H2,1-6H3,(H2,28,34,35)(H,29,30,32)(H2,33,36,37,39)/t15-,16?/m1/s1. The van der Waals surface area contributed by atoms with Crippen molar-refractivity contribution in [3.05, 3.63) is 47.4 Å². The molecule has 1 amide bonds. The van der Waals surface area contributed by atoms with Crippen molar-refractivity contribution in [2.24, 2.45) is 0 Å². The van der Waals surface area contributed by atoms with Crippen LogP contribution in [0.1, 0.15) is 56.2 Å². The van der Waals surface area contributed by atoms with E-state index in [9.17, 15) is 4.79 Å². The second kappa shape index (κ2) is 10.1. The fourth-order valence-electron chi connectivity index (χ4n) is 4.66. The summed E-state index contributed by atoms with van der Waals surface area (Å²) >= 11 is 0. The topological polar surface area (TPSA) is 163 Å². The molecule has 0 saturated carbocycles. The lowest BCUT2D eigenvalue weighted by Crippen LogP contribution is -2.54. The van der Waals surface area contributed by atoms with E-state index >= 15 is 0 Å². The maximum absolute atomic E-state index is 13.1. The third kappa shape index (κ3) is 5.60. The zero-order valence-corrected chi connectivity index (χ0v) is 23.1. The Morgan fingerprint density at radius 3 is 2.51 bits per heavy atom. The number of aryl methyl sites for hydroxylation is 1. The predicted octanol–water partition coefficient (Wildman–Crippen LogP) is 3.51. The molecule has 204 valence electrons. The number of piperazine rings is 1. The molecular weight excluding hydrogens is 494 g/mol. The van der Waals surface area contributed by atoms with Crippen molar-refractivity contribution >= 4 is 46.0 Å². The lowest BCUT2D eigenvalue weighted by atomic mass is 9.92. The Labute approximate surface area is 227 Å². The Bertz CT molecular complexity index is 1510. The molecular formula is C27H35N11O. The fourth-order valence-corrected chi connectivity index (χ4v) is 4.66. The monoisotopic (exact) mass is 529 g/mol. The molecule has 0 radical (unpaired) electrons.